The van der Waals surface area contributed by atoms with Gasteiger partial charge in [-0.2, -0.15) is 0 Å². The highest BCUT2D eigenvalue weighted by atomic mass is 79.9. The van der Waals surface area contributed by atoms with Crippen molar-refractivity contribution < 1.29 is 0 Å². The van der Waals surface area contributed by atoms with Gasteiger partial charge in [0.05, 0.1) is 4.87 Å². The Morgan fingerprint density at radius 1 is 1.50 bits per heavy atom. The predicted octanol–water partition coefficient (Wildman–Crippen LogP) is 3.12. The van der Waals surface area contributed by atoms with Gasteiger partial charge < -0.3 is 0 Å². The van der Waals surface area contributed by atoms with Gasteiger partial charge in [-0.05, 0) is 6.92 Å². The van der Waals surface area contributed by atoms with Gasteiger partial charge in [-0.15, -0.1) is 11.6 Å². The zero-order valence-corrected chi connectivity index (χ0v) is 8.64. The lowest BCUT2D eigenvalue weighted by atomic mass is 10.4. The molecule has 1 aliphatic rings. The summed E-state index contributed by atoms with van der Waals surface area (Å²) in [5, 5.41) is 0. The maximum atomic E-state index is 5.99. The van der Waals surface area contributed by atoms with Crippen LogP contribution >= 0.6 is 43.5 Å². The van der Waals surface area contributed by atoms with E-state index in [1.807, 2.05) is 6.92 Å². The summed E-state index contributed by atoms with van der Waals surface area (Å²) in [6.45, 7) is 4.12. The van der Waals surface area contributed by atoms with Crippen LogP contribution in [-0.2, 0) is 0 Å². The molecule has 0 bridgehead atoms. The normalized spacial score (nSPS) is 51.4. The number of alkyl halides is 3. The van der Waals surface area contributed by atoms with Crippen LogP contribution in [0, 0.1) is 5.92 Å². The molecule has 1 aliphatic carbocycles. The van der Waals surface area contributed by atoms with Crippen LogP contribution in [0.5, 0.6) is 0 Å². The van der Waals surface area contributed by atoms with Crippen molar-refractivity contribution in [2.45, 2.75) is 22.0 Å². The van der Waals surface area contributed by atoms with Crippen LogP contribution < -0.4 is 0 Å². The number of hydrogen-bond donors (Lipinski definition) is 0. The van der Waals surface area contributed by atoms with Gasteiger partial charge in [0.1, 0.15) is 3.23 Å². The SMILES string of the molecule is C[C@@H]1C(Br)(Br)[C@]1(C)Cl. The number of halogens is 3. The van der Waals surface area contributed by atoms with Crippen molar-refractivity contribution in [3.05, 3.63) is 0 Å². The Hall–Kier alpha value is 1.25. The lowest BCUT2D eigenvalue weighted by Gasteiger charge is -1.97. The fraction of sp³-hybridized carbons (Fsp3) is 1.00. The average molecular weight is 262 g/mol. The van der Waals surface area contributed by atoms with Gasteiger partial charge in [-0.1, -0.05) is 38.8 Å². The fourth-order valence-electron chi connectivity index (χ4n) is 0.696. The molecule has 2 atom stereocenters. The molecule has 1 rings (SSSR count). The van der Waals surface area contributed by atoms with E-state index in [0.717, 1.165) is 0 Å². The van der Waals surface area contributed by atoms with Crippen LogP contribution in [0.25, 0.3) is 0 Å². The van der Waals surface area contributed by atoms with E-state index in [-0.39, 0.29) is 8.11 Å². The van der Waals surface area contributed by atoms with Crippen LogP contribution in [0.2, 0.25) is 0 Å². The molecule has 0 heterocycles. The minimum Gasteiger partial charge on any atom is -0.117 e. The van der Waals surface area contributed by atoms with Gasteiger partial charge in [-0.25, -0.2) is 0 Å². The summed E-state index contributed by atoms with van der Waals surface area (Å²) in [6.07, 6.45) is 0. The molecule has 0 radical (unpaired) electrons. The van der Waals surface area contributed by atoms with E-state index in [0.29, 0.717) is 5.92 Å². The number of hydrogen-bond acceptors (Lipinski definition) is 0. The molecule has 0 nitrogen and oxygen atoms in total. The highest BCUT2D eigenvalue weighted by molar-refractivity contribution is 9.25. The van der Waals surface area contributed by atoms with E-state index in [9.17, 15) is 0 Å². The summed E-state index contributed by atoms with van der Waals surface area (Å²) in [7, 11) is 0. The minimum atomic E-state index is -0.0903. The number of rotatable bonds is 0. The first kappa shape index (κ1) is 7.36. The maximum Gasteiger partial charge on any atom is 0.104 e. The molecule has 0 aromatic heterocycles. The smallest absolute Gasteiger partial charge is 0.104 e. The molecular weight excluding hydrogens is 255 g/mol. The molecule has 48 valence electrons. The molecule has 0 amide bonds. The van der Waals surface area contributed by atoms with Crippen LogP contribution in [0.4, 0.5) is 0 Å². The van der Waals surface area contributed by atoms with Crippen LogP contribution in [0.3, 0.4) is 0 Å². The zero-order valence-electron chi connectivity index (χ0n) is 4.71. The zero-order chi connectivity index (χ0) is 6.58. The summed E-state index contributed by atoms with van der Waals surface area (Å²) >= 11 is 12.9. The van der Waals surface area contributed by atoms with Crippen molar-refractivity contribution in [2.75, 3.05) is 0 Å². The summed E-state index contributed by atoms with van der Waals surface area (Å²) < 4.78 is -0.00540. The standard InChI is InChI=1S/C5H7Br2Cl/c1-3-4(2,8)5(3,6)7/h3H,1-2H3/t3-,4+/m0/s1. The molecule has 1 saturated carbocycles. The Kier molecular flexibility index (Phi) is 1.51. The second-order valence-electron chi connectivity index (χ2n) is 2.42. The van der Waals surface area contributed by atoms with Gasteiger partial charge in [0.15, 0.2) is 0 Å². The molecular formula is C5H7Br2Cl. The second kappa shape index (κ2) is 1.64. The van der Waals surface area contributed by atoms with Gasteiger partial charge in [0, 0.05) is 5.92 Å². The Balaban J connectivity index is 2.72. The van der Waals surface area contributed by atoms with E-state index in [2.05, 4.69) is 38.8 Å². The van der Waals surface area contributed by atoms with Crippen molar-refractivity contribution in [3.63, 3.8) is 0 Å². The average Bonchev–Trinajstić information content (AvgIpc) is 1.88. The molecule has 0 aromatic carbocycles. The van der Waals surface area contributed by atoms with Crippen molar-refractivity contribution in [1.29, 1.82) is 0 Å². The minimum absolute atomic E-state index is 0.00540. The summed E-state index contributed by atoms with van der Waals surface area (Å²) in [5.41, 5.74) is 0. The molecule has 8 heavy (non-hydrogen) atoms. The van der Waals surface area contributed by atoms with Gasteiger partial charge in [0.25, 0.3) is 0 Å². The Morgan fingerprint density at radius 3 is 1.62 bits per heavy atom. The van der Waals surface area contributed by atoms with E-state index in [1.54, 1.807) is 0 Å². The van der Waals surface area contributed by atoms with Crippen molar-refractivity contribution in [1.82, 2.24) is 0 Å². The highest BCUT2D eigenvalue weighted by Crippen LogP contribution is 2.68. The van der Waals surface area contributed by atoms with Crippen molar-refractivity contribution >= 4 is 43.5 Å². The highest BCUT2D eigenvalue weighted by Gasteiger charge is 2.68. The molecule has 0 saturated heterocycles. The molecule has 0 aromatic rings. The largest absolute Gasteiger partial charge is 0.117 e. The lowest BCUT2D eigenvalue weighted by molar-refractivity contribution is 0.868. The first-order valence-electron chi connectivity index (χ1n) is 2.47. The summed E-state index contributed by atoms with van der Waals surface area (Å²) in [5.74, 6) is 0.511. The lowest BCUT2D eigenvalue weighted by Crippen LogP contribution is -1.99. The quantitative estimate of drug-likeness (QED) is 0.588. The summed E-state index contributed by atoms with van der Waals surface area (Å²) in [6, 6.07) is 0. The van der Waals surface area contributed by atoms with Gasteiger partial charge in [0.2, 0.25) is 0 Å². The van der Waals surface area contributed by atoms with Gasteiger partial charge >= 0.3 is 0 Å². The van der Waals surface area contributed by atoms with Crippen LogP contribution in [-0.4, -0.2) is 8.11 Å². The molecule has 0 N–H and O–H groups in total. The third-order valence-electron chi connectivity index (χ3n) is 1.93. The second-order valence-corrected chi connectivity index (χ2v) is 6.77. The molecule has 3 heteroatoms. The Bertz CT molecular complexity index is 106. The van der Waals surface area contributed by atoms with Crippen LogP contribution in [0.1, 0.15) is 13.8 Å². The fourth-order valence-corrected chi connectivity index (χ4v) is 2.61. The molecule has 0 aliphatic heterocycles. The molecule has 0 unspecified atom stereocenters. The van der Waals surface area contributed by atoms with Gasteiger partial charge in [-0.3, -0.25) is 0 Å². The third kappa shape index (κ3) is 0.691. The molecule has 0 spiro atoms. The van der Waals surface area contributed by atoms with Crippen LogP contribution in [0.15, 0.2) is 0 Å². The summed E-state index contributed by atoms with van der Waals surface area (Å²) in [4.78, 5) is -0.0903. The van der Waals surface area contributed by atoms with E-state index >= 15 is 0 Å². The van der Waals surface area contributed by atoms with Crippen molar-refractivity contribution in [2.24, 2.45) is 5.92 Å². The van der Waals surface area contributed by atoms with E-state index < -0.39 is 0 Å². The van der Waals surface area contributed by atoms with Crippen molar-refractivity contribution in [3.8, 4) is 0 Å². The Morgan fingerprint density at radius 2 is 1.62 bits per heavy atom. The monoisotopic (exact) mass is 260 g/mol. The van der Waals surface area contributed by atoms with E-state index in [1.165, 1.54) is 0 Å². The first-order chi connectivity index (χ1) is 3.40. The van der Waals surface area contributed by atoms with E-state index in [4.69, 9.17) is 11.6 Å². The first-order valence-corrected chi connectivity index (χ1v) is 4.44. The topological polar surface area (TPSA) is 0 Å². The third-order valence-corrected chi connectivity index (χ3v) is 6.03. The maximum absolute atomic E-state index is 5.99. The Labute approximate surface area is 71.2 Å². The molecule has 1 fully saturated rings. The predicted molar refractivity (Wildman–Crippen MR) is 44.0 cm³/mol.